The molecular weight excluding hydrogens is 365 g/mol. The number of carbonyl (C=O) groups is 1. The van der Waals surface area contributed by atoms with Gasteiger partial charge in [0.05, 0.1) is 11.7 Å². The second-order valence-corrected chi connectivity index (χ2v) is 8.31. The first-order chi connectivity index (χ1) is 12.9. The monoisotopic (exact) mass is 385 g/mol. The number of hydrogen-bond donors (Lipinski definition) is 1. The number of amides is 1. The van der Waals surface area contributed by atoms with Crippen molar-refractivity contribution in [1.82, 2.24) is 9.55 Å². The van der Waals surface area contributed by atoms with E-state index >= 15 is 0 Å². The highest BCUT2D eigenvalue weighted by molar-refractivity contribution is 7.18. The Morgan fingerprint density at radius 1 is 1.44 bits per heavy atom. The first-order valence-corrected chi connectivity index (χ1v) is 9.79. The normalized spacial score (nSPS) is 16.3. The molecular formula is C20H20FN3O2S. The molecule has 2 heterocycles. The number of fused-ring (bicyclic) bond motifs is 3. The number of aryl methyl sites for hydroxylation is 2. The topological polar surface area (TPSA) is 64.0 Å². The minimum absolute atomic E-state index is 0.154. The lowest BCUT2D eigenvalue weighted by molar-refractivity contribution is -0.116. The van der Waals surface area contributed by atoms with E-state index in [9.17, 15) is 14.0 Å². The second-order valence-electron chi connectivity index (χ2n) is 7.22. The third-order valence-electron chi connectivity index (χ3n) is 5.05. The minimum atomic E-state index is -0.390. The Bertz CT molecular complexity index is 1100. The summed E-state index contributed by atoms with van der Waals surface area (Å²) >= 11 is 1.58. The fourth-order valence-electron chi connectivity index (χ4n) is 3.50. The molecule has 2 aromatic heterocycles. The molecule has 7 heteroatoms. The van der Waals surface area contributed by atoms with E-state index in [0.717, 1.165) is 29.7 Å². The number of rotatable bonds is 3. The van der Waals surface area contributed by atoms with Crippen LogP contribution >= 0.6 is 11.3 Å². The quantitative estimate of drug-likeness (QED) is 0.748. The van der Waals surface area contributed by atoms with E-state index in [1.54, 1.807) is 30.4 Å². The zero-order valence-electron chi connectivity index (χ0n) is 15.2. The first kappa shape index (κ1) is 17.9. The van der Waals surface area contributed by atoms with Crippen molar-refractivity contribution in [2.45, 2.75) is 39.7 Å². The molecule has 1 aliphatic carbocycles. The van der Waals surface area contributed by atoms with Crippen LogP contribution in [0.5, 0.6) is 0 Å². The lowest BCUT2D eigenvalue weighted by Gasteiger charge is -2.17. The van der Waals surface area contributed by atoms with Crippen LogP contribution in [0.1, 0.15) is 29.3 Å². The number of carbonyl (C=O) groups excluding carboxylic acids is 1. The number of benzene rings is 1. The molecule has 140 valence electrons. The van der Waals surface area contributed by atoms with Gasteiger partial charge in [0, 0.05) is 10.6 Å². The van der Waals surface area contributed by atoms with Gasteiger partial charge < -0.3 is 5.32 Å². The summed E-state index contributed by atoms with van der Waals surface area (Å²) in [6, 6.07) is 4.51. The van der Waals surface area contributed by atoms with E-state index in [1.165, 1.54) is 21.8 Å². The lowest BCUT2D eigenvalue weighted by Crippen LogP contribution is -2.28. The maximum absolute atomic E-state index is 13.6. The van der Waals surface area contributed by atoms with Crippen LogP contribution in [0.3, 0.4) is 0 Å². The van der Waals surface area contributed by atoms with Crippen LogP contribution in [0.2, 0.25) is 0 Å². The predicted molar refractivity (Wildman–Crippen MR) is 105 cm³/mol. The summed E-state index contributed by atoms with van der Waals surface area (Å²) in [6.07, 6.45) is 4.35. The molecule has 1 amide bonds. The van der Waals surface area contributed by atoms with Crippen molar-refractivity contribution >= 4 is 33.1 Å². The minimum Gasteiger partial charge on any atom is -0.324 e. The van der Waals surface area contributed by atoms with Gasteiger partial charge in [0.2, 0.25) is 5.91 Å². The highest BCUT2D eigenvalue weighted by atomic mass is 32.1. The second kappa shape index (κ2) is 6.88. The largest absolute Gasteiger partial charge is 0.324 e. The highest BCUT2D eigenvalue weighted by Crippen LogP contribution is 2.35. The zero-order chi connectivity index (χ0) is 19.1. The van der Waals surface area contributed by atoms with E-state index in [0.29, 0.717) is 22.6 Å². The van der Waals surface area contributed by atoms with Crippen LogP contribution in [0, 0.1) is 18.7 Å². The Hall–Kier alpha value is -2.54. The average Bonchev–Trinajstić information content (AvgIpc) is 2.98. The summed E-state index contributed by atoms with van der Waals surface area (Å²) in [7, 11) is 0. The van der Waals surface area contributed by atoms with Gasteiger partial charge in [-0.1, -0.05) is 13.0 Å². The molecule has 0 spiro atoms. The third-order valence-corrected chi connectivity index (χ3v) is 6.21. The van der Waals surface area contributed by atoms with Crippen LogP contribution in [0.25, 0.3) is 10.2 Å². The van der Waals surface area contributed by atoms with E-state index in [1.807, 2.05) is 0 Å². The van der Waals surface area contributed by atoms with Crippen LogP contribution in [-0.2, 0) is 24.2 Å². The summed E-state index contributed by atoms with van der Waals surface area (Å²) in [5.74, 6) is -0.153. The average molecular weight is 385 g/mol. The molecule has 1 aliphatic rings. The molecule has 0 radical (unpaired) electrons. The maximum Gasteiger partial charge on any atom is 0.262 e. The maximum atomic E-state index is 13.6. The fourth-order valence-corrected chi connectivity index (χ4v) is 4.85. The number of aromatic nitrogens is 2. The zero-order valence-corrected chi connectivity index (χ0v) is 16.0. The van der Waals surface area contributed by atoms with Crippen LogP contribution < -0.4 is 10.9 Å². The van der Waals surface area contributed by atoms with Gasteiger partial charge in [-0.15, -0.1) is 11.3 Å². The number of nitrogens with zero attached hydrogens (tertiary/aromatic N) is 2. The van der Waals surface area contributed by atoms with Crippen molar-refractivity contribution in [3.8, 4) is 0 Å². The number of hydrogen-bond acceptors (Lipinski definition) is 4. The number of nitrogens with one attached hydrogen (secondary N) is 1. The van der Waals surface area contributed by atoms with Crippen molar-refractivity contribution < 1.29 is 9.18 Å². The SMILES string of the molecule is Cc1ccc(NC(=O)Cn2cnc3sc4c(c3c2=O)CC[C@@H](C)C4)cc1F. The Morgan fingerprint density at radius 3 is 3.04 bits per heavy atom. The van der Waals surface area contributed by atoms with Gasteiger partial charge in [-0.25, -0.2) is 9.37 Å². The molecule has 0 bridgehead atoms. The molecule has 1 N–H and O–H groups in total. The molecule has 1 aromatic carbocycles. The standard InChI is InChI=1S/C20H20FN3O2S/c1-11-3-6-14-16(7-11)27-19-18(14)20(26)24(10-22-19)9-17(25)23-13-5-4-12(2)15(21)8-13/h4-5,8,10-11H,3,6-7,9H2,1-2H3,(H,23,25)/t11-/m1/s1. The highest BCUT2D eigenvalue weighted by Gasteiger charge is 2.23. The molecule has 1 atom stereocenters. The number of halogens is 1. The Morgan fingerprint density at radius 2 is 2.26 bits per heavy atom. The van der Waals surface area contributed by atoms with Gasteiger partial charge in [0.15, 0.2) is 0 Å². The predicted octanol–water partition coefficient (Wildman–Crippen LogP) is 3.67. The summed E-state index contributed by atoms with van der Waals surface area (Å²) in [6.45, 7) is 3.72. The van der Waals surface area contributed by atoms with Crippen molar-refractivity contribution in [2.24, 2.45) is 5.92 Å². The molecule has 0 unspecified atom stereocenters. The smallest absolute Gasteiger partial charge is 0.262 e. The van der Waals surface area contributed by atoms with E-state index in [2.05, 4.69) is 17.2 Å². The van der Waals surface area contributed by atoms with E-state index in [-0.39, 0.29) is 23.8 Å². The summed E-state index contributed by atoms with van der Waals surface area (Å²) in [5, 5.41) is 3.28. The van der Waals surface area contributed by atoms with E-state index in [4.69, 9.17) is 0 Å². The van der Waals surface area contributed by atoms with Crippen LogP contribution in [0.4, 0.5) is 10.1 Å². The molecule has 27 heavy (non-hydrogen) atoms. The summed E-state index contributed by atoms with van der Waals surface area (Å²) in [4.78, 5) is 31.6. The lowest BCUT2D eigenvalue weighted by atomic mass is 9.89. The van der Waals surface area contributed by atoms with Gasteiger partial charge in [-0.05, 0) is 55.4 Å². The van der Waals surface area contributed by atoms with Gasteiger partial charge in [-0.2, -0.15) is 0 Å². The third kappa shape index (κ3) is 3.39. The van der Waals surface area contributed by atoms with Crippen LogP contribution in [0.15, 0.2) is 29.3 Å². The van der Waals surface area contributed by atoms with Gasteiger partial charge >= 0.3 is 0 Å². The molecule has 0 saturated carbocycles. The van der Waals surface area contributed by atoms with Gasteiger partial charge in [-0.3, -0.25) is 14.2 Å². The van der Waals surface area contributed by atoms with Crippen molar-refractivity contribution in [2.75, 3.05) is 5.32 Å². The van der Waals surface area contributed by atoms with Crippen molar-refractivity contribution in [1.29, 1.82) is 0 Å². The van der Waals surface area contributed by atoms with Gasteiger partial charge in [0.1, 0.15) is 17.2 Å². The fraction of sp³-hybridized carbons (Fsp3) is 0.350. The Kier molecular flexibility index (Phi) is 4.55. The Labute approximate surface area is 159 Å². The van der Waals surface area contributed by atoms with Crippen LogP contribution in [-0.4, -0.2) is 15.5 Å². The molecule has 0 fully saturated rings. The molecule has 0 saturated heterocycles. The molecule has 5 nitrogen and oxygen atoms in total. The summed E-state index contributed by atoms with van der Waals surface area (Å²) in [5.41, 5.74) is 1.79. The van der Waals surface area contributed by atoms with Crippen molar-refractivity contribution in [3.05, 3.63) is 56.7 Å². The molecule has 4 rings (SSSR count). The van der Waals surface area contributed by atoms with Gasteiger partial charge in [0.25, 0.3) is 5.56 Å². The molecule has 0 aliphatic heterocycles. The first-order valence-electron chi connectivity index (χ1n) is 8.98. The molecule has 3 aromatic rings. The number of anilines is 1. The Balaban J connectivity index is 1.60. The van der Waals surface area contributed by atoms with E-state index < -0.39 is 0 Å². The summed E-state index contributed by atoms with van der Waals surface area (Å²) < 4.78 is 15.0. The van der Waals surface area contributed by atoms with Crippen molar-refractivity contribution in [3.63, 3.8) is 0 Å². The number of thiophene rings is 1.